The zero-order chi connectivity index (χ0) is 15.4. The molecule has 0 aliphatic rings. The van der Waals surface area contributed by atoms with Gasteiger partial charge in [-0.3, -0.25) is 0 Å². The van der Waals surface area contributed by atoms with Crippen molar-refractivity contribution >= 4 is 0 Å². The Morgan fingerprint density at radius 2 is 1.80 bits per heavy atom. The molecular weight excluding hydrogens is 251 g/mol. The van der Waals surface area contributed by atoms with Crippen LogP contribution in [0.3, 0.4) is 0 Å². The first-order valence-corrected chi connectivity index (χ1v) is 7.25. The molecule has 0 aliphatic carbocycles. The first kappa shape index (κ1) is 17.1. The highest BCUT2D eigenvalue weighted by atomic mass is 19.1. The van der Waals surface area contributed by atoms with Crippen LogP contribution in [0.2, 0.25) is 0 Å². The zero-order valence-electron chi connectivity index (χ0n) is 13.8. The van der Waals surface area contributed by atoms with E-state index in [1.165, 1.54) is 6.07 Å². The predicted molar refractivity (Wildman–Crippen MR) is 84.3 cm³/mol. The largest absolute Gasteiger partial charge is 0.311 e. The number of hydrogen-bond acceptors (Lipinski definition) is 2. The Morgan fingerprint density at radius 1 is 1.15 bits per heavy atom. The average molecular weight is 280 g/mol. The Kier molecular flexibility index (Phi) is 5.72. The molecule has 1 aromatic carbocycles. The van der Waals surface area contributed by atoms with E-state index in [0.29, 0.717) is 0 Å². The number of nitrogens with one attached hydrogen (secondary N) is 1. The van der Waals surface area contributed by atoms with Crippen LogP contribution in [-0.4, -0.2) is 30.6 Å². The van der Waals surface area contributed by atoms with Crippen molar-refractivity contribution in [3.05, 3.63) is 35.6 Å². The minimum absolute atomic E-state index is 0.137. The van der Waals surface area contributed by atoms with Crippen molar-refractivity contribution in [1.29, 1.82) is 0 Å². The van der Waals surface area contributed by atoms with Crippen molar-refractivity contribution in [1.82, 2.24) is 10.2 Å². The molecule has 0 saturated carbocycles. The molecule has 114 valence electrons. The molecule has 1 N–H and O–H groups in total. The summed E-state index contributed by atoms with van der Waals surface area (Å²) in [5, 5.41) is 3.55. The molecule has 1 aromatic rings. The van der Waals surface area contributed by atoms with Crippen LogP contribution in [-0.2, 0) is 6.54 Å². The average Bonchev–Trinajstić information content (AvgIpc) is 2.24. The SMILES string of the molecule is CN(Cc1cccc(F)c1)CC(C)(C)CNC(C)(C)C. The van der Waals surface area contributed by atoms with Gasteiger partial charge >= 0.3 is 0 Å². The van der Waals surface area contributed by atoms with Crippen molar-refractivity contribution in [3.8, 4) is 0 Å². The highest BCUT2D eigenvalue weighted by molar-refractivity contribution is 5.16. The summed E-state index contributed by atoms with van der Waals surface area (Å²) in [5.74, 6) is -0.162. The van der Waals surface area contributed by atoms with Gasteiger partial charge < -0.3 is 10.2 Å². The van der Waals surface area contributed by atoms with Gasteiger partial charge in [-0.2, -0.15) is 0 Å². The highest BCUT2D eigenvalue weighted by Gasteiger charge is 2.22. The van der Waals surface area contributed by atoms with Gasteiger partial charge in [-0.25, -0.2) is 4.39 Å². The summed E-state index contributed by atoms with van der Waals surface area (Å²) in [6.07, 6.45) is 0. The lowest BCUT2D eigenvalue weighted by molar-refractivity contribution is 0.186. The Hall–Kier alpha value is -0.930. The van der Waals surface area contributed by atoms with Gasteiger partial charge in [0.25, 0.3) is 0 Å². The third-order valence-electron chi connectivity index (χ3n) is 3.14. The topological polar surface area (TPSA) is 15.3 Å². The van der Waals surface area contributed by atoms with Crippen LogP contribution in [0, 0.1) is 11.2 Å². The van der Waals surface area contributed by atoms with E-state index in [1.54, 1.807) is 12.1 Å². The van der Waals surface area contributed by atoms with Crippen LogP contribution in [0.1, 0.15) is 40.2 Å². The number of hydrogen-bond donors (Lipinski definition) is 1. The molecule has 0 saturated heterocycles. The summed E-state index contributed by atoms with van der Waals surface area (Å²) >= 11 is 0. The fourth-order valence-electron chi connectivity index (χ4n) is 2.29. The van der Waals surface area contributed by atoms with Crippen LogP contribution < -0.4 is 5.32 Å². The molecular formula is C17H29FN2. The summed E-state index contributed by atoms with van der Waals surface area (Å²) in [6, 6.07) is 6.84. The van der Waals surface area contributed by atoms with Gasteiger partial charge in [0.15, 0.2) is 0 Å². The number of nitrogens with zero attached hydrogens (tertiary/aromatic N) is 1. The van der Waals surface area contributed by atoms with Crippen LogP contribution in [0.25, 0.3) is 0 Å². The highest BCUT2D eigenvalue weighted by Crippen LogP contribution is 2.18. The van der Waals surface area contributed by atoms with Crippen LogP contribution >= 0.6 is 0 Å². The van der Waals surface area contributed by atoms with Gasteiger partial charge in [-0.1, -0.05) is 26.0 Å². The first-order chi connectivity index (χ1) is 9.07. The lowest BCUT2D eigenvalue weighted by atomic mass is 9.91. The van der Waals surface area contributed by atoms with Crippen molar-refractivity contribution in [2.75, 3.05) is 20.1 Å². The van der Waals surface area contributed by atoms with Gasteiger partial charge in [0.1, 0.15) is 5.82 Å². The molecule has 0 aliphatic heterocycles. The second-order valence-electron chi connectivity index (χ2n) is 7.57. The van der Waals surface area contributed by atoms with E-state index < -0.39 is 0 Å². The maximum atomic E-state index is 13.2. The Balaban J connectivity index is 2.50. The maximum Gasteiger partial charge on any atom is 0.123 e. The van der Waals surface area contributed by atoms with Gasteiger partial charge in [-0.15, -0.1) is 0 Å². The lowest BCUT2D eigenvalue weighted by Gasteiger charge is -2.34. The Bertz CT molecular complexity index is 421. The molecule has 0 bridgehead atoms. The van der Waals surface area contributed by atoms with E-state index in [0.717, 1.165) is 25.2 Å². The van der Waals surface area contributed by atoms with E-state index in [1.807, 2.05) is 6.07 Å². The van der Waals surface area contributed by atoms with Crippen molar-refractivity contribution in [3.63, 3.8) is 0 Å². The molecule has 20 heavy (non-hydrogen) atoms. The van der Waals surface area contributed by atoms with Crippen LogP contribution in [0.15, 0.2) is 24.3 Å². The minimum Gasteiger partial charge on any atom is -0.311 e. The number of benzene rings is 1. The van der Waals surface area contributed by atoms with E-state index in [2.05, 4.69) is 51.9 Å². The second kappa shape index (κ2) is 6.68. The van der Waals surface area contributed by atoms with Gasteiger partial charge in [0, 0.05) is 25.2 Å². The molecule has 3 heteroatoms. The molecule has 0 spiro atoms. The van der Waals surface area contributed by atoms with Gasteiger partial charge in [0.2, 0.25) is 0 Å². The third kappa shape index (κ3) is 7.01. The van der Waals surface area contributed by atoms with E-state index in [4.69, 9.17) is 0 Å². The molecule has 0 unspecified atom stereocenters. The Morgan fingerprint density at radius 3 is 2.35 bits per heavy atom. The normalized spacial score (nSPS) is 13.0. The summed E-state index contributed by atoms with van der Waals surface area (Å²) in [5.41, 5.74) is 1.33. The summed E-state index contributed by atoms with van der Waals surface area (Å²) < 4.78 is 13.2. The monoisotopic (exact) mass is 280 g/mol. The first-order valence-electron chi connectivity index (χ1n) is 7.25. The van der Waals surface area contributed by atoms with E-state index >= 15 is 0 Å². The molecule has 2 nitrogen and oxygen atoms in total. The fourth-order valence-corrected chi connectivity index (χ4v) is 2.29. The van der Waals surface area contributed by atoms with E-state index in [-0.39, 0.29) is 16.8 Å². The summed E-state index contributed by atoms with van der Waals surface area (Å²) in [4.78, 5) is 2.25. The van der Waals surface area contributed by atoms with Crippen molar-refractivity contribution in [2.45, 2.75) is 46.7 Å². The van der Waals surface area contributed by atoms with Gasteiger partial charge in [-0.05, 0) is 50.9 Å². The van der Waals surface area contributed by atoms with Crippen LogP contribution in [0.5, 0.6) is 0 Å². The lowest BCUT2D eigenvalue weighted by Crippen LogP contribution is -2.45. The molecule has 0 amide bonds. The second-order valence-corrected chi connectivity index (χ2v) is 7.57. The van der Waals surface area contributed by atoms with Gasteiger partial charge in [0.05, 0.1) is 0 Å². The van der Waals surface area contributed by atoms with Crippen LogP contribution in [0.4, 0.5) is 4.39 Å². The van der Waals surface area contributed by atoms with Crippen molar-refractivity contribution in [2.24, 2.45) is 5.41 Å². The smallest absolute Gasteiger partial charge is 0.123 e. The molecule has 0 heterocycles. The van der Waals surface area contributed by atoms with E-state index in [9.17, 15) is 4.39 Å². The molecule has 0 atom stereocenters. The number of halogens is 1. The predicted octanol–water partition coefficient (Wildman–Crippen LogP) is 3.67. The maximum absolute atomic E-state index is 13.2. The van der Waals surface area contributed by atoms with Crippen molar-refractivity contribution < 1.29 is 4.39 Å². The zero-order valence-corrected chi connectivity index (χ0v) is 13.8. The standard InChI is InChI=1S/C17H29FN2/c1-16(2,3)19-12-17(4,5)13-20(6)11-14-8-7-9-15(18)10-14/h7-10,19H,11-13H2,1-6H3. The molecule has 1 rings (SSSR count). The molecule has 0 radical (unpaired) electrons. The number of rotatable bonds is 6. The summed E-state index contributed by atoms with van der Waals surface area (Å²) in [7, 11) is 2.09. The molecule has 0 fully saturated rings. The quantitative estimate of drug-likeness (QED) is 0.855. The third-order valence-corrected chi connectivity index (χ3v) is 3.14. The summed E-state index contributed by atoms with van der Waals surface area (Å²) in [6.45, 7) is 13.8. The Labute approximate surface area is 123 Å². The fraction of sp³-hybridized carbons (Fsp3) is 0.647. The minimum atomic E-state index is -0.162. The molecule has 0 aromatic heterocycles.